The Morgan fingerprint density at radius 1 is 1.29 bits per heavy atom. The lowest BCUT2D eigenvalue weighted by atomic mass is 9.74. The van der Waals surface area contributed by atoms with Gasteiger partial charge in [-0.2, -0.15) is 0 Å². The second-order valence-corrected chi connectivity index (χ2v) is 6.72. The first-order chi connectivity index (χ1) is 11.2. The summed E-state index contributed by atoms with van der Waals surface area (Å²) in [5.41, 5.74) is 3.87. The van der Waals surface area contributed by atoms with Crippen molar-refractivity contribution in [2.75, 3.05) is 7.11 Å². The van der Waals surface area contributed by atoms with Crippen molar-refractivity contribution in [1.29, 1.82) is 0 Å². The number of hydrogen-bond donors (Lipinski definition) is 0. The number of carbonyl (C=O) groups is 1. The summed E-state index contributed by atoms with van der Waals surface area (Å²) in [7, 11) is 1.71. The molecule has 1 aliphatic rings. The molecule has 2 nitrogen and oxygen atoms in total. The monoisotopic (exact) mass is 330 g/mol. The highest BCUT2D eigenvalue weighted by Gasteiger charge is 2.28. The Bertz CT molecular complexity index is 668. The molecule has 0 atom stereocenters. The highest BCUT2D eigenvalue weighted by atomic mass is 19.1. The van der Waals surface area contributed by atoms with Crippen LogP contribution in [0, 0.1) is 5.41 Å². The molecule has 0 spiro atoms. The number of rotatable bonds is 6. The van der Waals surface area contributed by atoms with Crippen molar-refractivity contribution in [2.24, 2.45) is 5.41 Å². The molecule has 0 saturated heterocycles. The molecule has 24 heavy (non-hydrogen) atoms. The minimum atomic E-state index is -0.738. The van der Waals surface area contributed by atoms with Gasteiger partial charge in [0.15, 0.2) is 12.1 Å². The summed E-state index contributed by atoms with van der Waals surface area (Å²) in [6, 6.07) is 0. The number of aldehydes is 1. The van der Waals surface area contributed by atoms with Crippen LogP contribution in [0.4, 0.5) is 4.39 Å². The van der Waals surface area contributed by atoms with Gasteiger partial charge in [-0.05, 0) is 49.0 Å². The maximum Gasteiger partial charge on any atom is 0.178 e. The van der Waals surface area contributed by atoms with Gasteiger partial charge in [0.2, 0.25) is 0 Å². The molecule has 0 radical (unpaired) electrons. The molecule has 0 heterocycles. The fourth-order valence-corrected chi connectivity index (χ4v) is 2.71. The fraction of sp³-hybridized carbons (Fsp3) is 0.381. The lowest BCUT2D eigenvalue weighted by molar-refractivity contribution is -0.106. The largest absolute Gasteiger partial charge is 0.501 e. The number of hydrogen-bond acceptors (Lipinski definition) is 2. The summed E-state index contributed by atoms with van der Waals surface area (Å²) < 4.78 is 18.4. The van der Waals surface area contributed by atoms with Crippen LogP contribution in [-0.2, 0) is 9.53 Å². The molecular formula is C21H27FO2. The van der Waals surface area contributed by atoms with Crippen LogP contribution in [-0.4, -0.2) is 13.4 Å². The molecule has 0 fully saturated rings. The number of halogens is 1. The van der Waals surface area contributed by atoms with Crippen molar-refractivity contribution in [3.8, 4) is 0 Å². The van der Waals surface area contributed by atoms with E-state index in [0.717, 1.165) is 17.8 Å². The second kappa shape index (κ2) is 8.62. The third kappa shape index (κ3) is 5.48. The quantitative estimate of drug-likeness (QED) is 0.351. The van der Waals surface area contributed by atoms with Crippen molar-refractivity contribution in [3.05, 3.63) is 70.3 Å². The van der Waals surface area contributed by atoms with Crippen LogP contribution in [0.25, 0.3) is 0 Å². The van der Waals surface area contributed by atoms with Gasteiger partial charge < -0.3 is 4.74 Å². The van der Waals surface area contributed by atoms with Gasteiger partial charge in [0, 0.05) is 6.42 Å². The van der Waals surface area contributed by atoms with Gasteiger partial charge >= 0.3 is 0 Å². The van der Waals surface area contributed by atoms with Crippen LogP contribution < -0.4 is 0 Å². The molecule has 1 rings (SSSR count). The highest BCUT2D eigenvalue weighted by molar-refractivity contribution is 5.72. The number of carbonyl (C=O) groups excluding carboxylic acids is 1. The lowest BCUT2D eigenvalue weighted by Crippen LogP contribution is -2.20. The van der Waals surface area contributed by atoms with Gasteiger partial charge in [-0.3, -0.25) is 4.79 Å². The van der Waals surface area contributed by atoms with E-state index >= 15 is 0 Å². The van der Waals surface area contributed by atoms with Crippen molar-refractivity contribution >= 4 is 6.29 Å². The van der Waals surface area contributed by atoms with E-state index in [4.69, 9.17) is 4.74 Å². The molecule has 0 aromatic rings. The summed E-state index contributed by atoms with van der Waals surface area (Å²) in [4.78, 5) is 10.3. The predicted octanol–water partition coefficient (Wildman–Crippen LogP) is 5.76. The standard InChI is InChI=1S/C21H27FO2/c1-15(8-7-9-16(2)20(22)14-23)10-11-19-17(3)12-18(24-6)13-21(19,4)5/h7-12,14H,13H2,1-6H3/b9-7+,11-10+,15-8+,20-16-. The molecule has 0 aromatic heterocycles. The zero-order valence-corrected chi connectivity index (χ0v) is 15.4. The Kier molecular flexibility index (Phi) is 7.15. The smallest absolute Gasteiger partial charge is 0.178 e. The first kappa shape index (κ1) is 19.9. The number of ether oxygens (including phenoxy) is 1. The number of methoxy groups -OCH3 is 1. The molecule has 130 valence electrons. The summed E-state index contributed by atoms with van der Waals surface area (Å²) in [5, 5.41) is 0. The Hall–Kier alpha value is -2.16. The first-order valence-electron chi connectivity index (χ1n) is 8.01. The first-order valence-corrected chi connectivity index (χ1v) is 8.01. The van der Waals surface area contributed by atoms with E-state index in [1.54, 1.807) is 26.2 Å². The molecule has 0 bridgehead atoms. The van der Waals surface area contributed by atoms with Crippen LogP contribution in [0.2, 0.25) is 0 Å². The van der Waals surface area contributed by atoms with E-state index in [2.05, 4.69) is 32.9 Å². The van der Waals surface area contributed by atoms with Gasteiger partial charge in [-0.15, -0.1) is 0 Å². The van der Waals surface area contributed by atoms with Gasteiger partial charge in [-0.25, -0.2) is 4.39 Å². The number of allylic oxidation sites excluding steroid dienone is 12. The predicted molar refractivity (Wildman–Crippen MR) is 98.1 cm³/mol. The zero-order chi connectivity index (χ0) is 18.3. The SMILES string of the molecule is COC1=CC(C)=C(/C=C/C(C)=C/C=C/C(C)=C(\F)C=O)C(C)(C)C1. The summed E-state index contributed by atoms with van der Waals surface area (Å²) in [6.45, 7) is 10.1. The van der Waals surface area contributed by atoms with E-state index in [-0.39, 0.29) is 11.7 Å². The maximum atomic E-state index is 13.0. The average molecular weight is 330 g/mol. The molecule has 0 saturated carbocycles. The third-order valence-electron chi connectivity index (χ3n) is 4.11. The van der Waals surface area contributed by atoms with Gasteiger partial charge in [0.1, 0.15) is 0 Å². The van der Waals surface area contributed by atoms with E-state index < -0.39 is 5.83 Å². The molecule has 1 aliphatic carbocycles. The van der Waals surface area contributed by atoms with Crippen molar-refractivity contribution in [3.63, 3.8) is 0 Å². The van der Waals surface area contributed by atoms with E-state index in [1.807, 2.05) is 19.1 Å². The van der Waals surface area contributed by atoms with Crippen molar-refractivity contribution in [2.45, 2.75) is 41.0 Å². The molecule has 0 unspecified atom stereocenters. The summed E-state index contributed by atoms with van der Waals surface area (Å²) >= 11 is 0. The zero-order valence-electron chi connectivity index (χ0n) is 15.4. The van der Waals surface area contributed by atoms with Crippen molar-refractivity contribution in [1.82, 2.24) is 0 Å². The van der Waals surface area contributed by atoms with Crippen LogP contribution in [0.3, 0.4) is 0 Å². The average Bonchev–Trinajstić information content (AvgIpc) is 2.52. The third-order valence-corrected chi connectivity index (χ3v) is 4.11. The van der Waals surface area contributed by atoms with E-state index in [9.17, 15) is 9.18 Å². The minimum Gasteiger partial charge on any atom is -0.501 e. The maximum absolute atomic E-state index is 13.0. The van der Waals surface area contributed by atoms with Crippen LogP contribution in [0.1, 0.15) is 41.0 Å². The van der Waals surface area contributed by atoms with Gasteiger partial charge in [0.05, 0.1) is 12.9 Å². The van der Waals surface area contributed by atoms with Gasteiger partial charge in [-0.1, -0.05) is 49.8 Å². The molecule has 0 amide bonds. The topological polar surface area (TPSA) is 26.3 Å². The van der Waals surface area contributed by atoms with E-state index in [0.29, 0.717) is 5.57 Å². The molecule has 0 aromatic carbocycles. The van der Waals surface area contributed by atoms with Crippen molar-refractivity contribution < 1.29 is 13.9 Å². The Morgan fingerprint density at radius 2 is 1.96 bits per heavy atom. The Balaban J connectivity index is 2.95. The van der Waals surface area contributed by atoms with Crippen LogP contribution >= 0.6 is 0 Å². The highest BCUT2D eigenvalue weighted by Crippen LogP contribution is 2.40. The Morgan fingerprint density at radius 3 is 2.50 bits per heavy atom. The van der Waals surface area contributed by atoms with E-state index in [1.165, 1.54) is 11.1 Å². The second-order valence-electron chi connectivity index (χ2n) is 6.72. The van der Waals surface area contributed by atoms with Crippen LogP contribution in [0.5, 0.6) is 0 Å². The lowest BCUT2D eigenvalue weighted by Gasteiger charge is -2.32. The Labute approximate surface area is 144 Å². The normalized spacial score (nSPS) is 19.6. The molecular weight excluding hydrogens is 303 g/mol. The fourth-order valence-electron chi connectivity index (χ4n) is 2.71. The van der Waals surface area contributed by atoms with Gasteiger partial charge in [0.25, 0.3) is 0 Å². The molecule has 3 heteroatoms. The summed E-state index contributed by atoms with van der Waals surface area (Å²) in [5.74, 6) is 0.266. The molecule has 0 aliphatic heterocycles. The summed E-state index contributed by atoms with van der Waals surface area (Å²) in [6.07, 6.45) is 12.6. The van der Waals surface area contributed by atoms with Crippen LogP contribution in [0.15, 0.2) is 70.3 Å². The molecule has 0 N–H and O–H groups in total. The minimum absolute atomic E-state index is 0.0171.